The molecule has 0 rings (SSSR count). The minimum atomic E-state index is -1.04. The highest BCUT2D eigenvalue weighted by molar-refractivity contribution is 5.68. The summed E-state index contributed by atoms with van der Waals surface area (Å²) in [5, 5.41) is 10.4. The van der Waals surface area contributed by atoms with Crippen LogP contribution in [0.1, 0.15) is 44.9 Å². The second-order valence-corrected chi connectivity index (χ2v) is 3.73. The highest BCUT2D eigenvalue weighted by atomic mass is 16.5. The van der Waals surface area contributed by atoms with Gasteiger partial charge in [-0.1, -0.05) is 25.3 Å². The molecule has 0 unspecified atom stereocenters. The first-order chi connectivity index (χ1) is 8.16. The summed E-state index contributed by atoms with van der Waals surface area (Å²) < 4.78 is 4.54. The van der Waals surface area contributed by atoms with Crippen molar-refractivity contribution < 1.29 is 19.4 Å². The molecule has 0 aliphatic heterocycles. The lowest BCUT2D eigenvalue weighted by Gasteiger charge is -2.00. The van der Waals surface area contributed by atoms with Crippen LogP contribution in [0.3, 0.4) is 0 Å². The Morgan fingerprint density at radius 1 is 1.18 bits per heavy atom. The lowest BCUT2D eigenvalue weighted by atomic mass is 10.1. The standard InChI is InChI=1S/C12H21NO4/c1-17-11(14)9-7-5-3-2-4-6-8-10-13-12(15)16/h8,10,13H,2-7,9H2,1H3,(H,15,16). The van der Waals surface area contributed by atoms with Gasteiger partial charge in [0.1, 0.15) is 0 Å². The fraction of sp³-hybridized carbons (Fsp3) is 0.667. The molecule has 0 fully saturated rings. The number of nitrogens with one attached hydrogen (secondary N) is 1. The van der Waals surface area contributed by atoms with Gasteiger partial charge in [-0.25, -0.2) is 4.79 Å². The van der Waals surface area contributed by atoms with Crippen LogP contribution in [-0.4, -0.2) is 24.3 Å². The molecular formula is C12H21NO4. The number of esters is 1. The van der Waals surface area contributed by atoms with Gasteiger partial charge in [-0.2, -0.15) is 0 Å². The molecular weight excluding hydrogens is 222 g/mol. The number of carboxylic acid groups (broad SMARTS) is 1. The van der Waals surface area contributed by atoms with Crippen LogP contribution in [0.2, 0.25) is 0 Å². The van der Waals surface area contributed by atoms with E-state index in [-0.39, 0.29) is 5.97 Å². The maximum Gasteiger partial charge on any atom is 0.408 e. The zero-order valence-corrected chi connectivity index (χ0v) is 10.3. The minimum Gasteiger partial charge on any atom is -0.469 e. The van der Waals surface area contributed by atoms with Crippen molar-refractivity contribution in [1.82, 2.24) is 5.32 Å². The molecule has 0 heterocycles. The Bertz CT molecular complexity index is 251. The van der Waals surface area contributed by atoms with Crippen molar-refractivity contribution in [2.75, 3.05) is 7.11 Å². The zero-order valence-electron chi connectivity index (χ0n) is 10.3. The van der Waals surface area contributed by atoms with Gasteiger partial charge in [-0.15, -0.1) is 0 Å². The molecule has 0 radical (unpaired) electrons. The number of methoxy groups -OCH3 is 1. The molecule has 2 N–H and O–H groups in total. The first-order valence-electron chi connectivity index (χ1n) is 5.88. The van der Waals surface area contributed by atoms with E-state index in [4.69, 9.17) is 5.11 Å². The van der Waals surface area contributed by atoms with Crippen LogP contribution >= 0.6 is 0 Å². The Kier molecular flexibility index (Phi) is 10.00. The molecule has 1 amide bonds. The second kappa shape index (κ2) is 11.0. The van der Waals surface area contributed by atoms with E-state index in [9.17, 15) is 9.59 Å². The Labute approximate surface area is 102 Å². The van der Waals surface area contributed by atoms with Crippen molar-refractivity contribution in [2.45, 2.75) is 44.9 Å². The van der Waals surface area contributed by atoms with Crippen molar-refractivity contribution in [2.24, 2.45) is 0 Å². The lowest BCUT2D eigenvalue weighted by molar-refractivity contribution is -0.140. The van der Waals surface area contributed by atoms with E-state index < -0.39 is 6.09 Å². The first-order valence-corrected chi connectivity index (χ1v) is 5.88. The third kappa shape index (κ3) is 12.4. The van der Waals surface area contributed by atoms with Gasteiger partial charge in [0.05, 0.1) is 7.11 Å². The molecule has 0 bridgehead atoms. The number of allylic oxidation sites excluding steroid dienone is 1. The first kappa shape index (κ1) is 15.5. The van der Waals surface area contributed by atoms with E-state index in [0.717, 1.165) is 38.5 Å². The molecule has 0 saturated heterocycles. The van der Waals surface area contributed by atoms with Crippen LogP contribution in [-0.2, 0) is 9.53 Å². The number of ether oxygens (including phenoxy) is 1. The molecule has 0 atom stereocenters. The Morgan fingerprint density at radius 3 is 2.47 bits per heavy atom. The summed E-state index contributed by atoms with van der Waals surface area (Å²) in [5.74, 6) is -0.146. The summed E-state index contributed by atoms with van der Waals surface area (Å²) in [4.78, 5) is 20.9. The minimum absolute atomic E-state index is 0.146. The zero-order chi connectivity index (χ0) is 12.9. The SMILES string of the molecule is COC(=O)CCCCCCCC=CNC(=O)O. The van der Waals surface area contributed by atoms with E-state index in [1.807, 2.05) is 6.08 Å². The van der Waals surface area contributed by atoms with E-state index in [1.165, 1.54) is 13.3 Å². The van der Waals surface area contributed by atoms with Crippen molar-refractivity contribution in [1.29, 1.82) is 0 Å². The highest BCUT2D eigenvalue weighted by Gasteiger charge is 1.98. The maximum absolute atomic E-state index is 10.8. The molecule has 0 saturated carbocycles. The van der Waals surface area contributed by atoms with Gasteiger partial charge >= 0.3 is 12.1 Å². The van der Waals surface area contributed by atoms with Crippen LogP contribution in [0.25, 0.3) is 0 Å². The second-order valence-electron chi connectivity index (χ2n) is 3.73. The van der Waals surface area contributed by atoms with Crippen molar-refractivity contribution >= 4 is 12.1 Å². The molecule has 5 nitrogen and oxygen atoms in total. The van der Waals surface area contributed by atoms with E-state index >= 15 is 0 Å². The van der Waals surface area contributed by atoms with E-state index in [1.54, 1.807) is 0 Å². The predicted octanol–water partition coefficient (Wildman–Crippen LogP) is 2.67. The Morgan fingerprint density at radius 2 is 1.82 bits per heavy atom. The third-order valence-electron chi connectivity index (χ3n) is 2.30. The summed E-state index contributed by atoms with van der Waals surface area (Å²) in [7, 11) is 1.40. The fourth-order valence-electron chi connectivity index (χ4n) is 1.38. The molecule has 5 heteroatoms. The average molecular weight is 243 g/mol. The summed E-state index contributed by atoms with van der Waals surface area (Å²) in [6.07, 6.45) is 8.73. The van der Waals surface area contributed by atoms with Crippen molar-refractivity contribution in [3.63, 3.8) is 0 Å². The van der Waals surface area contributed by atoms with Gasteiger partial charge in [-0.05, 0) is 19.3 Å². The van der Waals surface area contributed by atoms with Crippen LogP contribution in [0.15, 0.2) is 12.3 Å². The number of rotatable bonds is 9. The van der Waals surface area contributed by atoms with Crippen LogP contribution < -0.4 is 5.32 Å². The van der Waals surface area contributed by atoms with Crippen LogP contribution in [0.5, 0.6) is 0 Å². The average Bonchev–Trinajstić information content (AvgIpc) is 2.30. The number of unbranched alkanes of at least 4 members (excludes halogenated alkanes) is 5. The normalized spacial score (nSPS) is 10.4. The molecule has 0 aromatic carbocycles. The van der Waals surface area contributed by atoms with Gasteiger partial charge in [0, 0.05) is 12.6 Å². The summed E-state index contributed by atoms with van der Waals surface area (Å²) in [6, 6.07) is 0. The Hall–Kier alpha value is -1.52. The number of hydrogen-bond acceptors (Lipinski definition) is 3. The largest absolute Gasteiger partial charge is 0.469 e. The summed E-state index contributed by atoms with van der Waals surface area (Å²) in [6.45, 7) is 0. The smallest absolute Gasteiger partial charge is 0.408 e. The topological polar surface area (TPSA) is 75.6 Å². The fourth-order valence-corrected chi connectivity index (χ4v) is 1.38. The van der Waals surface area contributed by atoms with E-state index in [2.05, 4.69) is 10.1 Å². The summed E-state index contributed by atoms with van der Waals surface area (Å²) >= 11 is 0. The predicted molar refractivity (Wildman–Crippen MR) is 64.6 cm³/mol. The summed E-state index contributed by atoms with van der Waals surface area (Å²) in [5.41, 5.74) is 0. The molecule has 0 aliphatic rings. The monoisotopic (exact) mass is 243 g/mol. The molecule has 0 aromatic heterocycles. The Balaban J connectivity index is 3.16. The number of carbonyl (C=O) groups is 2. The molecule has 0 aliphatic carbocycles. The van der Waals surface area contributed by atoms with Gasteiger partial charge < -0.3 is 9.84 Å². The highest BCUT2D eigenvalue weighted by Crippen LogP contribution is 2.07. The van der Waals surface area contributed by atoms with E-state index in [0.29, 0.717) is 6.42 Å². The molecule has 0 spiro atoms. The van der Waals surface area contributed by atoms with Gasteiger partial charge in [-0.3, -0.25) is 10.1 Å². The van der Waals surface area contributed by atoms with Crippen LogP contribution in [0, 0.1) is 0 Å². The molecule has 17 heavy (non-hydrogen) atoms. The number of hydrogen-bond donors (Lipinski definition) is 2. The van der Waals surface area contributed by atoms with Crippen molar-refractivity contribution in [3.8, 4) is 0 Å². The van der Waals surface area contributed by atoms with Gasteiger partial charge in [0.2, 0.25) is 0 Å². The number of amides is 1. The molecule has 98 valence electrons. The number of carbonyl (C=O) groups excluding carboxylic acids is 1. The van der Waals surface area contributed by atoms with Crippen molar-refractivity contribution in [3.05, 3.63) is 12.3 Å². The third-order valence-corrected chi connectivity index (χ3v) is 2.30. The quantitative estimate of drug-likeness (QED) is 0.482. The van der Waals surface area contributed by atoms with Gasteiger partial charge in [0.25, 0.3) is 0 Å². The molecule has 0 aromatic rings. The maximum atomic E-state index is 10.8. The van der Waals surface area contributed by atoms with Crippen LogP contribution in [0.4, 0.5) is 4.79 Å². The van der Waals surface area contributed by atoms with Gasteiger partial charge in [0.15, 0.2) is 0 Å². The lowest BCUT2D eigenvalue weighted by Crippen LogP contribution is -2.12.